The number of aromatic hydroxyl groups is 1. The average molecular weight is 391 g/mol. The van der Waals surface area contributed by atoms with Gasteiger partial charge >= 0.3 is 0 Å². The topological polar surface area (TPSA) is 85.3 Å². The molecule has 0 aliphatic rings. The number of hydrogen-bond donors (Lipinski definition) is 2. The van der Waals surface area contributed by atoms with Crippen LogP contribution in [0, 0.1) is 6.92 Å². The molecular weight excluding hydrogens is 375 g/mol. The van der Waals surface area contributed by atoms with E-state index in [4.69, 9.17) is 28.9 Å². The van der Waals surface area contributed by atoms with Crippen LogP contribution in [0.3, 0.4) is 0 Å². The molecule has 0 unspecified atom stereocenters. The van der Waals surface area contributed by atoms with E-state index in [1.807, 2.05) is 0 Å². The van der Waals surface area contributed by atoms with Crippen LogP contribution < -0.4 is 5.73 Å². The average Bonchev–Trinajstić information content (AvgIpc) is 2.87. The largest absolute Gasteiger partial charge is 0.508 e. The molecule has 3 aromatic rings. The Balaban J connectivity index is 2.29. The summed E-state index contributed by atoms with van der Waals surface area (Å²) in [5.41, 5.74) is 7.58. The molecule has 5 nitrogen and oxygen atoms in total. The number of halogens is 2. The Morgan fingerprint density at radius 2 is 1.81 bits per heavy atom. The molecular formula is C19H16Cl2N2O3. The zero-order valence-electron chi connectivity index (χ0n) is 14.1. The minimum atomic E-state index is -0.623. The number of primary amides is 1. The molecule has 1 heterocycles. The smallest absolute Gasteiger partial charge is 0.262 e. The molecule has 0 fully saturated rings. The number of nitrogens with zero attached hydrogens (tertiary/aromatic N) is 1. The fraction of sp³-hybridized carbons (Fsp3) is 0.158. The summed E-state index contributed by atoms with van der Waals surface area (Å²) in [5, 5.41) is 11.1. The molecule has 1 atom stereocenters. The Bertz CT molecular complexity index is 1060. The lowest BCUT2D eigenvalue weighted by Gasteiger charge is -2.10. The van der Waals surface area contributed by atoms with Crippen molar-refractivity contribution in [3.05, 3.63) is 63.3 Å². The van der Waals surface area contributed by atoms with E-state index in [0.717, 1.165) is 0 Å². The maximum Gasteiger partial charge on any atom is 0.262 e. The van der Waals surface area contributed by atoms with Gasteiger partial charge in [-0.15, -0.1) is 0 Å². The van der Waals surface area contributed by atoms with Crippen LogP contribution in [-0.2, 0) is 4.79 Å². The van der Waals surface area contributed by atoms with Gasteiger partial charge in [0.2, 0.25) is 5.91 Å². The van der Waals surface area contributed by atoms with Crippen LogP contribution in [0.2, 0.25) is 10.0 Å². The predicted octanol–water partition coefficient (Wildman–Crippen LogP) is 4.24. The summed E-state index contributed by atoms with van der Waals surface area (Å²) < 4.78 is 1.49. The lowest BCUT2D eigenvalue weighted by atomic mass is 9.97. The summed E-state index contributed by atoms with van der Waals surface area (Å²) in [5.74, 6) is -1.42. The lowest BCUT2D eigenvalue weighted by Crippen LogP contribution is -2.20. The highest BCUT2D eigenvalue weighted by molar-refractivity contribution is 6.42. The molecule has 2 aromatic carbocycles. The molecule has 0 bridgehead atoms. The normalized spacial score (nSPS) is 12.3. The summed E-state index contributed by atoms with van der Waals surface area (Å²) in [7, 11) is 0. The van der Waals surface area contributed by atoms with Crippen molar-refractivity contribution in [1.29, 1.82) is 0 Å². The number of carbonyl (C=O) groups is 2. The van der Waals surface area contributed by atoms with Gasteiger partial charge in [0.1, 0.15) is 5.75 Å². The first-order valence-electron chi connectivity index (χ1n) is 7.85. The zero-order chi connectivity index (χ0) is 19.2. The number of amides is 1. The molecule has 134 valence electrons. The molecule has 26 heavy (non-hydrogen) atoms. The highest BCUT2D eigenvalue weighted by Crippen LogP contribution is 2.35. The molecule has 7 heteroatoms. The Kier molecular flexibility index (Phi) is 4.69. The van der Waals surface area contributed by atoms with Gasteiger partial charge in [-0.05, 0) is 55.8 Å². The molecule has 0 spiro atoms. The van der Waals surface area contributed by atoms with Crippen molar-refractivity contribution in [1.82, 2.24) is 4.57 Å². The van der Waals surface area contributed by atoms with E-state index < -0.39 is 11.8 Å². The number of rotatable bonds is 3. The van der Waals surface area contributed by atoms with Gasteiger partial charge in [0.25, 0.3) is 5.91 Å². The SMILES string of the molecule is Cc1c([C@H](C)C(N)=O)c2cc(O)ccc2n1C(=O)c1ccc(Cl)c(Cl)c1. The lowest BCUT2D eigenvalue weighted by molar-refractivity contribution is -0.119. The monoisotopic (exact) mass is 390 g/mol. The third kappa shape index (κ3) is 2.93. The Hall–Kier alpha value is -2.50. The van der Waals surface area contributed by atoms with Crippen molar-refractivity contribution < 1.29 is 14.7 Å². The summed E-state index contributed by atoms with van der Waals surface area (Å²) in [6.45, 7) is 3.41. The fourth-order valence-corrected chi connectivity index (χ4v) is 3.44. The third-order valence-electron chi connectivity index (χ3n) is 4.47. The molecule has 0 aliphatic heterocycles. The van der Waals surface area contributed by atoms with E-state index in [1.54, 1.807) is 32.0 Å². The second-order valence-corrected chi connectivity index (χ2v) is 6.91. The third-order valence-corrected chi connectivity index (χ3v) is 5.20. The molecule has 0 saturated carbocycles. The predicted molar refractivity (Wildman–Crippen MR) is 102 cm³/mol. The minimum absolute atomic E-state index is 0.0366. The van der Waals surface area contributed by atoms with E-state index in [9.17, 15) is 14.7 Å². The quantitative estimate of drug-likeness (QED) is 0.700. The van der Waals surface area contributed by atoms with Crippen molar-refractivity contribution in [2.45, 2.75) is 19.8 Å². The number of phenols is 1. The van der Waals surface area contributed by atoms with Gasteiger partial charge in [0.05, 0.1) is 21.5 Å². The number of phenolic OH excluding ortho intramolecular Hbond substituents is 1. The number of nitrogens with two attached hydrogens (primary N) is 1. The molecule has 1 aromatic heterocycles. The van der Waals surface area contributed by atoms with Crippen LogP contribution in [0.25, 0.3) is 10.9 Å². The Morgan fingerprint density at radius 1 is 1.12 bits per heavy atom. The number of fused-ring (bicyclic) bond motifs is 1. The Morgan fingerprint density at radius 3 is 2.42 bits per heavy atom. The summed E-state index contributed by atoms with van der Waals surface area (Å²) in [4.78, 5) is 24.9. The summed E-state index contributed by atoms with van der Waals surface area (Å²) in [6, 6.07) is 9.27. The molecule has 1 amide bonds. The highest BCUT2D eigenvalue weighted by Gasteiger charge is 2.25. The van der Waals surface area contributed by atoms with Crippen LogP contribution in [0.15, 0.2) is 36.4 Å². The molecule has 0 aliphatic carbocycles. The number of hydrogen-bond acceptors (Lipinski definition) is 3. The highest BCUT2D eigenvalue weighted by atomic mass is 35.5. The van der Waals surface area contributed by atoms with E-state index >= 15 is 0 Å². The van der Waals surface area contributed by atoms with Crippen LogP contribution in [0.5, 0.6) is 5.75 Å². The second-order valence-electron chi connectivity index (χ2n) is 6.09. The number of aromatic nitrogens is 1. The molecule has 3 rings (SSSR count). The van der Waals surface area contributed by atoms with Crippen molar-refractivity contribution in [2.75, 3.05) is 0 Å². The van der Waals surface area contributed by atoms with Crippen LogP contribution in [0.1, 0.15) is 34.5 Å². The maximum absolute atomic E-state index is 13.1. The van der Waals surface area contributed by atoms with E-state index in [0.29, 0.717) is 32.7 Å². The van der Waals surface area contributed by atoms with Gasteiger partial charge < -0.3 is 10.8 Å². The van der Waals surface area contributed by atoms with Crippen LogP contribution in [-0.4, -0.2) is 21.5 Å². The van der Waals surface area contributed by atoms with E-state index in [1.165, 1.54) is 22.8 Å². The molecule has 3 N–H and O–H groups in total. The first-order valence-corrected chi connectivity index (χ1v) is 8.61. The van der Waals surface area contributed by atoms with Crippen molar-refractivity contribution >= 4 is 45.9 Å². The van der Waals surface area contributed by atoms with Crippen molar-refractivity contribution in [3.8, 4) is 5.75 Å². The first kappa shape index (κ1) is 18.3. The first-order chi connectivity index (χ1) is 12.2. The number of benzene rings is 2. The Labute approximate surface area is 159 Å². The molecule has 0 saturated heterocycles. The van der Waals surface area contributed by atoms with E-state index in [2.05, 4.69) is 0 Å². The van der Waals surface area contributed by atoms with Gasteiger partial charge in [0.15, 0.2) is 0 Å². The zero-order valence-corrected chi connectivity index (χ0v) is 15.6. The van der Waals surface area contributed by atoms with Gasteiger partial charge in [-0.25, -0.2) is 0 Å². The number of carbonyl (C=O) groups excluding carboxylic acids is 2. The second kappa shape index (κ2) is 6.67. The van der Waals surface area contributed by atoms with Crippen LogP contribution in [0.4, 0.5) is 0 Å². The summed E-state index contributed by atoms with van der Waals surface area (Å²) >= 11 is 12.0. The van der Waals surface area contributed by atoms with Crippen molar-refractivity contribution in [2.24, 2.45) is 5.73 Å². The van der Waals surface area contributed by atoms with Gasteiger partial charge in [-0.2, -0.15) is 0 Å². The van der Waals surface area contributed by atoms with Gasteiger partial charge in [-0.1, -0.05) is 23.2 Å². The summed E-state index contributed by atoms with van der Waals surface area (Å²) in [6.07, 6.45) is 0. The minimum Gasteiger partial charge on any atom is -0.508 e. The standard InChI is InChI=1S/C19H16Cl2N2O3/c1-9(18(22)25)17-10(2)23(16-6-4-12(24)8-13(16)17)19(26)11-3-5-14(20)15(21)7-11/h3-9,24H,1-2H3,(H2,22,25)/t9-/m0/s1. The van der Waals surface area contributed by atoms with Crippen molar-refractivity contribution in [3.63, 3.8) is 0 Å². The fourth-order valence-electron chi connectivity index (χ4n) is 3.14. The van der Waals surface area contributed by atoms with Gasteiger partial charge in [-0.3, -0.25) is 14.2 Å². The van der Waals surface area contributed by atoms with Gasteiger partial charge in [0, 0.05) is 16.6 Å². The van der Waals surface area contributed by atoms with Crippen LogP contribution >= 0.6 is 23.2 Å². The molecule has 0 radical (unpaired) electrons. The maximum atomic E-state index is 13.1. The van der Waals surface area contributed by atoms with E-state index in [-0.39, 0.29) is 16.7 Å².